The minimum atomic E-state index is -0.566. The van der Waals surface area contributed by atoms with Crippen LogP contribution in [0, 0.1) is 5.92 Å². The zero-order valence-electron chi connectivity index (χ0n) is 33.7. The molecule has 0 N–H and O–H groups in total. The molecule has 2 heteroatoms. The molecule has 0 radical (unpaired) electrons. The Morgan fingerprint density at radius 1 is 0.617 bits per heavy atom. The predicted molar refractivity (Wildman–Crippen MR) is 247 cm³/mol. The molecule has 2 nitrogen and oxygen atoms in total. The maximum Gasteiger partial charge on any atom is 0.128 e. The largest absolute Gasteiger partial charge is 0.485 e. The Kier molecular flexibility index (Phi) is 8.10. The summed E-state index contributed by atoms with van der Waals surface area (Å²) in [6.07, 6.45) is 17.8. The molecule has 1 aromatic heterocycles. The van der Waals surface area contributed by atoms with Crippen molar-refractivity contribution in [2.24, 2.45) is 5.92 Å². The molecule has 0 bridgehead atoms. The number of benzene rings is 7. The third-order valence-electron chi connectivity index (χ3n) is 13.8. The molecule has 12 rings (SSSR count). The minimum Gasteiger partial charge on any atom is -0.485 e. The highest BCUT2D eigenvalue weighted by Crippen LogP contribution is 2.60. The molecule has 288 valence electrons. The first-order valence-electron chi connectivity index (χ1n) is 21.6. The summed E-state index contributed by atoms with van der Waals surface area (Å²) in [7, 11) is 0. The van der Waals surface area contributed by atoms with E-state index in [2.05, 4.69) is 218 Å². The SMILES string of the molecule is CC1C=CC=C(C(Cc2ccc3c(c2)c2ccccc2n3-c2ccccc2)c2c(C3(c4ccccc4)c4ccccc4-c4ccccc43)ccc3c2OC2C=CC=CC32)C1. The van der Waals surface area contributed by atoms with Crippen LogP contribution >= 0.6 is 0 Å². The van der Waals surface area contributed by atoms with Gasteiger partial charge in [0.05, 0.1) is 16.4 Å². The Hall–Kier alpha value is -6.90. The monoisotopic (exact) mass is 771 g/mol. The fourth-order valence-electron chi connectivity index (χ4n) is 11.3. The molecule has 4 aliphatic rings. The van der Waals surface area contributed by atoms with E-state index in [0.717, 1.165) is 18.6 Å². The molecular weight excluding hydrogens is 727 g/mol. The maximum atomic E-state index is 7.33. The zero-order valence-corrected chi connectivity index (χ0v) is 33.7. The Balaban J connectivity index is 1.14. The number of fused-ring (bicyclic) bond motifs is 9. The van der Waals surface area contributed by atoms with E-state index in [1.807, 2.05) is 0 Å². The number of hydrogen-bond acceptors (Lipinski definition) is 1. The summed E-state index contributed by atoms with van der Waals surface area (Å²) in [4.78, 5) is 0. The van der Waals surface area contributed by atoms with Gasteiger partial charge in [-0.1, -0.05) is 182 Å². The topological polar surface area (TPSA) is 14.2 Å². The van der Waals surface area contributed by atoms with Gasteiger partial charge >= 0.3 is 0 Å². The van der Waals surface area contributed by atoms with Crippen LogP contribution in [0.15, 0.2) is 212 Å². The van der Waals surface area contributed by atoms with Gasteiger partial charge < -0.3 is 9.30 Å². The van der Waals surface area contributed by atoms with Gasteiger partial charge in [-0.3, -0.25) is 0 Å². The molecule has 7 aromatic carbocycles. The van der Waals surface area contributed by atoms with Crippen molar-refractivity contribution in [2.75, 3.05) is 0 Å². The highest BCUT2D eigenvalue weighted by atomic mass is 16.5. The average Bonchev–Trinajstić information content (AvgIpc) is 3.95. The third kappa shape index (κ3) is 5.20. The summed E-state index contributed by atoms with van der Waals surface area (Å²) in [5, 5.41) is 2.56. The number of para-hydroxylation sites is 2. The lowest BCUT2D eigenvalue weighted by Gasteiger charge is -2.38. The van der Waals surface area contributed by atoms with Crippen molar-refractivity contribution in [1.29, 1.82) is 0 Å². The molecule has 8 aromatic rings. The standard InChI is InChI=1S/C58H45NO/c1-38-17-16-18-40(35-38)48(36-39-31-34-54-49(37-39)45-25-10-14-29-53(45)59(54)42-21-6-3-7-22-42)56-52(33-32-47-46-26-11-15-30-55(46)60-57(47)56)58(41-19-4-2-5-20-41)50-27-12-8-23-43(50)44-24-9-13-28-51(44)58/h2-34,37-38,46,48,55H,35-36H2,1H3. The molecule has 0 amide bonds. The van der Waals surface area contributed by atoms with Crippen LogP contribution in [-0.2, 0) is 11.8 Å². The number of ether oxygens (including phenoxy) is 1. The normalized spacial score (nSPS) is 19.7. The molecule has 2 heterocycles. The molecular formula is C58H45NO. The van der Waals surface area contributed by atoms with E-state index in [-0.39, 0.29) is 17.9 Å². The smallest absolute Gasteiger partial charge is 0.128 e. The molecule has 60 heavy (non-hydrogen) atoms. The van der Waals surface area contributed by atoms with Crippen molar-refractivity contribution in [1.82, 2.24) is 4.57 Å². The molecule has 3 aliphatic carbocycles. The number of allylic oxidation sites excluding steroid dienone is 6. The van der Waals surface area contributed by atoms with Crippen LogP contribution in [0.3, 0.4) is 0 Å². The summed E-state index contributed by atoms with van der Waals surface area (Å²) >= 11 is 0. The van der Waals surface area contributed by atoms with Gasteiger partial charge in [0.2, 0.25) is 0 Å². The van der Waals surface area contributed by atoms with Crippen molar-refractivity contribution in [2.45, 2.75) is 43.1 Å². The number of aromatic nitrogens is 1. The summed E-state index contributed by atoms with van der Waals surface area (Å²) in [6, 6.07) is 61.3. The van der Waals surface area contributed by atoms with E-state index in [9.17, 15) is 0 Å². The van der Waals surface area contributed by atoms with E-state index in [4.69, 9.17) is 4.74 Å². The number of hydrogen-bond donors (Lipinski definition) is 0. The fourth-order valence-corrected chi connectivity index (χ4v) is 11.3. The molecule has 4 unspecified atom stereocenters. The van der Waals surface area contributed by atoms with Gasteiger partial charge in [0.25, 0.3) is 0 Å². The average molecular weight is 772 g/mol. The molecule has 0 saturated carbocycles. The second-order valence-corrected chi connectivity index (χ2v) is 17.1. The van der Waals surface area contributed by atoms with E-state index in [1.165, 1.54) is 83.1 Å². The summed E-state index contributed by atoms with van der Waals surface area (Å²) < 4.78 is 9.75. The third-order valence-corrected chi connectivity index (χ3v) is 13.8. The van der Waals surface area contributed by atoms with Gasteiger partial charge in [0.1, 0.15) is 11.9 Å². The van der Waals surface area contributed by atoms with Gasteiger partial charge in [-0.15, -0.1) is 0 Å². The number of nitrogens with zero attached hydrogens (tertiary/aromatic N) is 1. The predicted octanol–water partition coefficient (Wildman–Crippen LogP) is 14.0. The lowest BCUT2D eigenvalue weighted by molar-refractivity contribution is 0.265. The fraction of sp³-hybridized carbons (Fsp3) is 0.138. The Morgan fingerprint density at radius 2 is 1.30 bits per heavy atom. The highest BCUT2D eigenvalue weighted by Gasteiger charge is 2.50. The maximum absolute atomic E-state index is 7.33. The molecule has 0 spiro atoms. The molecule has 1 aliphatic heterocycles. The molecule has 4 atom stereocenters. The van der Waals surface area contributed by atoms with Crippen molar-refractivity contribution in [3.05, 3.63) is 251 Å². The second-order valence-electron chi connectivity index (χ2n) is 17.1. The number of rotatable bonds is 7. The van der Waals surface area contributed by atoms with Gasteiger partial charge in [0.15, 0.2) is 0 Å². The van der Waals surface area contributed by atoms with Gasteiger partial charge in [0, 0.05) is 39.4 Å². The van der Waals surface area contributed by atoms with Crippen molar-refractivity contribution in [3.8, 4) is 22.6 Å². The van der Waals surface area contributed by atoms with Crippen molar-refractivity contribution < 1.29 is 4.74 Å². The zero-order chi connectivity index (χ0) is 39.8. The Morgan fingerprint density at radius 3 is 2.08 bits per heavy atom. The summed E-state index contributed by atoms with van der Waals surface area (Å²) in [6.45, 7) is 2.36. The van der Waals surface area contributed by atoms with Crippen LogP contribution in [0.5, 0.6) is 5.75 Å². The summed E-state index contributed by atoms with van der Waals surface area (Å²) in [5.41, 5.74) is 16.3. The van der Waals surface area contributed by atoms with Gasteiger partial charge in [-0.25, -0.2) is 0 Å². The quantitative estimate of drug-likeness (QED) is 0.157. The first-order chi connectivity index (χ1) is 29.7. The van der Waals surface area contributed by atoms with E-state index in [0.29, 0.717) is 5.92 Å². The van der Waals surface area contributed by atoms with Crippen molar-refractivity contribution >= 4 is 21.8 Å². The Bertz CT molecular complexity index is 3060. The summed E-state index contributed by atoms with van der Waals surface area (Å²) in [5.74, 6) is 1.72. The lowest BCUT2D eigenvalue weighted by Crippen LogP contribution is -2.31. The van der Waals surface area contributed by atoms with Crippen LogP contribution in [-0.4, -0.2) is 10.7 Å². The first kappa shape index (κ1) is 35.1. The lowest BCUT2D eigenvalue weighted by atomic mass is 9.63. The minimum absolute atomic E-state index is 0.0323. The van der Waals surface area contributed by atoms with E-state index in [1.54, 1.807) is 0 Å². The first-order valence-corrected chi connectivity index (χ1v) is 21.6. The van der Waals surface area contributed by atoms with Crippen LogP contribution in [0.4, 0.5) is 0 Å². The van der Waals surface area contributed by atoms with Crippen LogP contribution in [0.1, 0.15) is 64.1 Å². The van der Waals surface area contributed by atoms with E-state index < -0.39 is 5.41 Å². The molecule has 0 fully saturated rings. The highest BCUT2D eigenvalue weighted by molar-refractivity contribution is 6.09. The van der Waals surface area contributed by atoms with Gasteiger partial charge in [-0.2, -0.15) is 0 Å². The van der Waals surface area contributed by atoms with Crippen LogP contribution in [0.25, 0.3) is 38.6 Å². The van der Waals surface area contributed by atoms with Crippen LogP contribution in [0.2, 0.25) is 0 Å². The molecule has 0 saturated heterocycles. The van der Waals surface area contributed by atoms with E-state index >= 15 is 0 Å². The van der Waals surface area contributed by atoms with Crippen LogP contribution < -0.4 is 4.74 Å². The Labute approximate surface area is 352 Å². The van der Waals surface area contributed by atoms with Crippen molar-refractivity contribution in [3.63, 3.8) is 0 Å². The van der Waals surface area contributed by atoms with Gasteiger partial charge in [-0.05, 0) is 94.1 Å². The second kappa shape index (κ2) is 13.9.